The molecule has 1 aromatic heterocycles. The van der Waals surface area contributed by atoms with E-state index in [1.54, 1.807) is 0 Å². The SMILES string of the molecule is Cc1cc(N2CCC[C@H]2CF)ncn1. The Hall–Kier alpha value is -1.19. The van der Waals surface area contributed by atoms with E-state index in [2.05, 4.69) is 9.97 Å². The van der Waals surface area contributed by atoms with Crippen LogP contribution in [0.5, 0.6) is 0 Å². The molecular formula is C10H14FN3. The van der Waals surface area contributed by atoms with Crippen LogP contribution in [-0.4, -0.2) is 29.2 Å². The van der Waals surface area contributed by atoms with Crippen molar-refractivity contribution < 1.29 is 4.39 Å². The first-order valence-corrected chi connectivity index (χ1v) is 4.92. The topological polar surface area (TPSA) is 29.0 Å². The normalized spacial score (nSPS) is 21.6. The number of nitrogens with zero attached hydrogens (tertiary/aromatic N) is 3. The average molecular weight is 195 g/mol. The molecule has 0 aliphatic carbocycles. The molecule has 1 aliphatic rings. The summed E-state index contributed by atoms with van der Waals surface area (Å²) in [7, 11) is 0. The van der Waals surface area contributed by atoms with Gasteiger partial charge in [-0.05, 0) is 19.8 Å². The molecule has 0 radical (unpaired) electrons. The zero-order valence-electron chi connectivity index (χ0n) is 8.28. The standard InChI is InChI=1S/C10H14FN3/c1-8-5-10(13-7-12-8)14-4-2-3-9(14)6-11/h5,7,9H,2-4,6H2,1H3/t9-/m0/s1. The largest absolute Gasteiger partial charge is 0.351 e. The average Bonchev–Trinajstić information content (AvgIpc) is 2.65. The molecule has 1 atom stereocenters. The molecule has 1 saturated heterocycles. The molecule has 0 bridgehead atoms. The van der Waals surface area contributed by atoms with E-state index in [1.807, 2.05) is 17.9 Å². The van der Waals surface area contributed by atoms with Crippen LogP contribution in [0.25, 0.3) is 0 Å². The maximum absolute atomic E-state index is 12.6. The monoisotopic (exact) mass is 195 g/mol. The molecule has 0 N–H and O–H groups in total. The minimum Gasteiger partial charge on any atom is -0.351 e. The Kier molecular flexibility index (Phi) is 2.61. The predicted molar refractivity (Wildman–Crippen MR) is 53.1 cm³/mol. The molecular weight excluding hydrogens is 181 g/mol. The van der Waals surface area contributed by atoms with E-state index < -0.39 is 0 Å². The number of halogens is 1. The summed E-state index contributed by atoms with van der Waals surface area (Å²) in [6.07, 6.45) is 3.52. The van der Waals surface area contributed by atoms with Crippen LogP contribution in [0.2, 0.25) is 0 Å². The Bertz CT molecular complexity index is 316. The van der Waals surface area contributed by atoms with Gasteiger partial charge in [-0.15, -0.1) is 0 Å². The van der Waals surface area contributed by atoms with Crippen molar-refractivity contribution in [3.63, 3.8) is 0 Å². The van der Waals surface area contributed by atoms with Gasteiger partial charge >= 0.3 is 0 Å². The van der Waals surface area contributed by atoms with Gasteiger partial charge < -0.3 is 4.90 Å². The van der Waals surface area contributed by atoms with Gasteiger partial charge in [0.1, 0.15) is 18.8 Å². The van der Waals surface area contributed by atoms with E-state index in [-0.39, 0.29) is 12.7 Å². The number of alkyl halides is 1. The van der Waals surface area contributed by atoms with Crippen molar-refractivity contribution in [3.8, 4) is 0 Å². The minimum atomic E-state index is -0.289. The number of aryl methyl sites for hydroxylation is 1. The number of rotatable bonds is 2. The molecule has 3 nitrogen and oxygen atoms in total. The van der Waals surface area contributed by atoms with E-state index >= 15 is 0 Å². The van der Waals surface area contributed by atoms with Crippen LogP contribution in [0, 0.1) is 6.92 Å². The van der Waals surface area contributed by atoms with E-state index in [9.17, 15) is 4.39 Å². The molecule has 2 heterocycles. The van der Waals surface area contributed by atoms with Crippen LogP contribution in [0.3, 0.4) is 0 Å². The molecule has 1 aromatic rings. The highest BCUT2D eigenvalue weighted by atomic mass is 19.1. The van der Waals surface area contributed by atoms with E-state index in [0.29, 0.717) is 0 Å². The zero-order valence-corrected chi connectivity index (χ0v) is 8.28. The van der Waals surface area contributed by atoms with Gasteiger partial charge in [0.15, 0.2) is 0 Å². The van der Waals surface area contributed by atoms with Crippen LogP contribution in [0.4, 0.5) is 10.2 Å². The molecule has 76 valence electrons. The summed E-state index contributed by atoms with van der Waals surface area (Å²) < 4.78 is 12.6. The van der Waals surface area contributed by atoms with Crippen LogP contribution in [0.1, 0.15) is 18.5 Å². The Morgan fingerprint density at radius 3 is 3.14 bits per heavy atom. The van der Waals surface area contributed by atoms with Crippen molar-refractivity contribution in [1.29, 1.82) is 0 Å². The summed E-state index contributed by atoms with van der Waals surface area (Å²) in [5.41, 5.74) is 0.930. The lowest BCUT2D eigenvalue weighted by Crippen LogP contribution is -2.31. The van der Waals surface area contributed by atoms with Crippen molar-refractivity contribution in [2.24, 2.45) is 0 Å². The second-order valence-corrected chi connectivity index (χ2v) is 3.66. The lowest BCUT2D eigenvalue weighted by atomic mass is 10.2. The van der Waals surface area contributed by atoms with Gasteiger partial charge in [0, 0.05) is 18.3 Å². The molecule has 4 heteroatoms. The predicted octanol–water partition coefficient (Wildman–Crippen LogP) is 1.72. The maximum Gasteiger partial charge on any atom is 0.132 e. The molecule has 0 aromatic carbocycles. The number of anilines is 1. The van der Waals surface area contributed by atoms with E-state index in [0.717, 1.165) is 30.9 Å². The van der Waals surface area contributed by atoms with Gasteiger partial charge in [-0.2, -0.15) is 0 Å². The summed E-state index contributed by atoms with van der Waals surface area (Å²) >= 11 is 0. The Morgan fingerprint density at radius 2 is 2.43 bits per heavy atom. The fourth-order valence-corrected chi connectivity index (χ4v) is 1.90. The van der Waals surface area contributed by atoms with Gasteiger partial charge in [0.05, 0.1) is 6.04 Å². The Balaban J connectivity index is 2.21. The second kappa shape index (κ2) is 3.90. The van der Waals surface area contributed by atoms with Gasteiger partial charge in [-0.1, -0.05) is 0 Å². The zero-order chi connectivity index (χ0) is 9.97. The van der Waals surface area contributed by atoms with Crippen molar-refractivity contribution >= 4 is 5.82 Å². The Morgan fingerprint density at radius 1 is 1.57 bits per heavy atom. The third kappa shape index (κ3) is 1.69. The van der Waals surface area contributed by atoms with Crippen molar-refractivity contribution in [2.75, 3.05) is 18.1 Å². The van der Waals surface area contributed by atoms with Gasteiger partial charge in [-0.25, -0.2) is 14.4 Å². The molecule has 1 aliphatic heterocycles. The first-order valence-electron chi connectivity index (χ1n) is 4.92. The summed E-state index contributed by atoms with van der Waals surface area (Å²) in [6.45, 7) is 2.54. The highest BCUT2D eigenvalue weighted by molar-refractivity contribution is 5.41. The first-order chi connectivity index (χ1) is 6.81. The first kappa shape index (κ1) is 9.37. The lowest BCUT2D eigenvalue weighted by Gasteiger charge is -2.23. The summed E-state index contributed by atoms with van der Waals surface area (Å²) in [4.78, 5) is 10.2. The van der Waals surface area contributed by atoms with Crippen molar-refractivity contribution in [3.05, 3.63) is 18.1 Å². The second-order valence-electron chi connectivity index (χ2n) is 3.66. The van der Waals surface area contributed by atoms with Gasteiger partial charge in [0.25, 0.3) is 0 Å². The fraction of sp³-hybridized carbons (Fsp3) is 0.600. The fourth-order valence-electron chi connectivity index (χ4n) is 1.90. The van der Waals surface area contributed by atoms with Crippen LogP contribution < -0.4 is 4.90 Å². The molecule has 0 spiro atoms. The van der Waals surface area contributed by atoms with Gasteiger partial charge in [-0.3, -0.25) is 0 Å². The highest BCUT2D eigenvalue weighted by Crippen LogP contribution is 2.23. The quantitative estimate of drug-likeness (QED) is 0.719. The maximum atomic E-state index is 12.6. The minimum absolute atomic E-state index is 0.0179. The van der Waals surface area contributed by atoms with Gasteiger partial charge in [0.2, 0.25) is 0 Å². The summed E-state index contributed by atoms with van der Waals surface area (Å²) in [5.74, 6) is 0.859. The molecule has 0 saturated carbocycles. The number of hydrogen-bond acceptors (Lipinski definition) is 3. The molecule has 1 fully saturated rings. The van der Waals surface area contributed by atoms with Crippen molar-refractivity contribution in [2.45, 2.75) is 25.8 Å². The Labute approximate surface area is 83.0 Å². The number of hydrogen-bond donors (Lipinski definition) is 0. The van der Waals surface area contributed by atoms with E-state index in [4.69, 9.17) is 0 Å². The molecule has 2 rings (SSSR count). The third-order valence-electron chi connectivity index (χ3n) is 2.64. The molecule has 0 unspecified atom stereocenters. The van der Waals surface area contributed by atoms with Crippen LogP contribution in [-0.2, 0) is 0 Å². The van der Waals surface area contributed by atoms with Crippen LogP contribution in [0.15, 0.2) is 12.4 Å². The molecule has 14 heavy (non-hydrogen) atoms. The highest BCUT2D eigenvalue weighted by Gasteiger charge is 2.25. The summed E-state index contributed by atoms with van der Waals surface area (Å²) in [5, 5.41) is 0. The summed E-state index contributed by atoms with van der Waals surface area (Å²) in [6, 6.07) is 1.93. The molecule has 0 amide bonds. The van der Waals surface area contributed by atoms with Crippen LogP contribution >= 0.6 is 0 Å². The third-order valence-corrected chi connectivity index (χ3v) is 2.64. The smallest absolute Gasteiger partial charge is 0.132 e. The number of aromatic nitrogens is 2. The van der Waals surface area contributed by atoms with E-state index in [1.165, 1.54) is 6.33 Å². The lowest BCUT2D eigenvalue weighted by molar-refractivity contribution is 0.427. The van der Waals surface area contributed by atoms with Crippen molar-refractivity contribution in [1.82, 2.24) is 9.97 Å².